The predicted molar refractivity (Wildman–Crippen MR) is 80.5 cm³/mol. The first-order valence-corrected chi connectivity index (χ1v) is 7.12. The Morgan fingerprint density at radius 2 is 1.85 bits per heavy atom. The van der Waals surface area contributed by atoms with Gasteiger partial charge in [0, 0.05) is 4.47 Å². The van der Waals surface area contributed by atoms with Gasteiger partial charge in [0.25, 0.3) is 0 Å². The van der Waals surface area contributed by atoms with Crippen molar-refractivity contribution in [1.29, 1.82) is 0 Å². The molecule has 4 heteroatoms. The second kappa shape index (κ2) is 6.86. The molecule has 0 aliphatic rings. The zero-order valence-electron chi connectivity index (χ0n) is 11.1. The summed E-state index contributed by atoms with van der Waals surface area (Å²) in [4.78, 5) is 0. The fraction of sp³-hybridized carbons (Fsp3) is 0.250. The average molecular weight is 339 g/mol. The third kappa shape index (κ3) is 4.05. The Balaban J connectivity index is 2.01. The molecule has 1 N–H and O–H groups in total. The summed E-state index contributed by atoms with van der Waals surface area (Å²) in [5.74, 6) is -0.185. The number of methoxy groups -OCH3 is 1. The Morgan fingerprint density at radius 1 is 1.15 bits per heavy atom. The van der Waals surface area contributed by atoms with Gasteiger partial charge in [0.15, 0.2) is 11.6 Å². The van der Waals surface area contributed by atoms with Crippen LogP contribution in [0.1, 0.15) is 11.1 Å². The zero-order chi connectivity index (χ0) is 14.5. The maximum Gasteiger partial charge on any atom is 0.165 e. The highest BCUT2D eigenvalue weighted by atomic mass is 79.9. The molecule has 2 rings (SSSR count). The molecule has 1 atom stereocenters. The van der Waals surface area contributed by atoms with Crippen molar-refractivity contribution in [2.75, 3.05) is 7.11 Å². The van der Waals surface area contributed by atoms with Gasteiger partial charge in [-0.2, -0.15) is 0 Å². The van der Waals surface area contributed by atoms with E-state index in [2.05, 4.69) is 15.9 Å². The van der Waals surface area contributed by atoms with Gasteiger partial charge in [-0.3, -0.25) is 0 Å². The summed E-state index contributed by atoms with van der Waals surface area (Å²) in [7, 11) is 1.43. The first-order chi connectivity index (χ1) is 9.58. The normalized spacial score (nSPS) is 12.2. The second-order valence-corrected chi connectivity index (χ2v) is 5.58. The molecule has 0 aromatic heterocycles. The molecule has 0 saturated heterocycles. The van der Waals surface area contributed by atoms with Crippen molar-refractivity contribution in [3.63, 3.8) is 0 Å². The van der Waals surface area contributed by atoms with Crippen molar-refractivity contribution in [3.05, 3.63) is 63.9 Å². The lowest BCUT2D eigenvalue weighted by atomic mass is 10.0. The van der Waals surface area contributed by atoms with Crippen molar-refractivity contribution in [2.24, 2.45) is 0 Å². The standard InChI is InChI=1S/C16H16BrFO2/c1-20-16-6-5-12(10-15(16)18)9-14(19)8-11-3-2-4-13(17)7-11/h2-7,10,14,19H,8-9H2,1H3. The van der Waals surface area contributed by atoms with Crippen LogP contribution in [0.15, 0.2) is 46.9 Å². The number of rotatable bonds is 5. The predicted octanol–water partition coefficient (Wildman–Crippen LogP) is 3.74. The smallest absolute Gasteiger partial charge is 0.165 e. The quantitative estimate of drug-likeness (QED) is 0.899. The van der Waals surface area contributed by atoms with Crippen LogP contribution in [-0.4, -0.2) is 18.3 Å². The highest BCUT2D eigenvalue weighted by molar-refractivity contribution is 9.10. The van der Waals surface area contributed by atoms with Crippen molar-refractivity contribution in [3.8, 4) is 5.75 Å². The van der Waals surface area contributed by atoms with Crippen LogP contribution in [0.4, 0.5) is 4.39 Å². The van der Waals surface area contributed by atoms with Gasteiger partial charge < -0.3 is 9.84 Å². The van der Waals surface area contributed by atoms with Crippen molar-refractivity contribution in [2.45, 2.75) is 18.9 Å². The molecule has 0 amide bonds. The van der Waals surface area contributed by atoms with Crippen molar-refractivity contribution in [1.82, 2.24) is 0 Å². The molecule has 0 heterocycles. The van der Waals surface area contributed by atoms with Crippen LogP contribution in [0, 0.1) is 5.82 Å². The summed E-state index contributed by atoms with van der Waals surface area (Å²) in [5, 5.41) is 10.1. The van der Waals surface area contributed by atoms with Crippen LogP contribution in [0.5, 0.6) is 5.75 Å². The maximum atomic E-state index is 13.6. The molecule has 0 aliphatic heterocycles. The molecule has 0 fully saturated rings. The zero-order valence-corrected chi connectivity index (χ0v) is 12.7. The molecule has 0 bridgehead atoms. The van der Waals surface area contributed by atoms with Crippen LogP contribution in [-0.2, 0) is 12.8 Å². The Bertz CT molecular complexity index is 586. The number of aliphatic hydroxyl groups excluding tert-OH is 1. The minimum absolute atomic E-state index is 0.218. The number of ether oxygens (including phenoxy) is 1. The van der Waals surface area contributed by atoms with E-state index < -0.39 is 11.9 Å². The molecule has 1 unspecified atom stereocenters. The lowest BCUT2D eigenvalue weighted by molar-refractivity contribution is 0.175. The molecule has 0 aliphatic carbocycles. The summed E-state index contributed by atoms with van der Waals surface area (Å²) in [5.41, 5.74) is 1.80. The first kappa shape index (κ1) is 15.0. The van der Waals surface area contributed by atoms with Crippen LogP contribution >= 0.6 is 15.9 Å². The first-order valence-electron chi connectivity index (χ1n) is 6.33. The van der Waals surface area contributed by atoms with Crippen LogP contribution in [0.25, 0.3) is 0 Å². The molecule has 2 aromatic carbocycles. The van der Waals surface area contributed by atoms with Gasteiger partial charge in [-0.25, -0.2) is 4.39 Å². The lowest BCUT2D eigenvalue weighted by Crippen LogP contribution is -2.14. The molecular weight excluding hydrogens is 323 g/mol. The summed E-state index contributed by atoms with van der Waals surface area (Å²) in [6, 6.07) is 12.6. The molecule has 0 saturated carbocycles. The Labute approximate surface area is 126 Å². The van der Waals surface area contributed by atoms with E-state index in [-0.39, 0.29) is 5.75 Å². The largest absolute Gasteiger partial charge is 0.494 e. The van der Waals surface area contributed by atoms with E-state index in [0.29, 0.717) is 12.8 Å². The third-order valence-corrected chi connectivity index (χ3v) is 3.54. The van der Waals surface area contributed by atoms with E-state index in [4.69, 9.17) is 4.74 Å². The summed E-state index contributed by atoms with van der Waals surface area (Å²) < 4.78 is 19.4. The van der Waals surface area contributed by atoms with Crippen LogP contribution in [0.2, 0.25) is 0 Å². The monoisotopic (exact) mass is 338 g/mol. The van der Waals surface area contributed by atoms with Gasteiger partial charge in [-0.15, -0.1) is 0 Å². The average Bonchev–Trinajstić information content (AvgIpc) is 2.38. The van der Waals surface area contributed by atoms with Crippen LogP contribution in [0.3, 0.4) is 0 Å². The fourth-order valence-corrected chi connectivity index (χ4v) is 2.56. The molecule has 2 aromatic rings. The van der Waals surface area contributed by atoms with Gasteiger partial charge in [0.05, 0.1) is 13.2 Å². The summed E-state index contributed by atoms with van der Waals surface area (Å²) >= 11 is 3.40. The van der Waals surface area contributed by atoms with Gasteiger partial charge in [-0.1, -0.05) is 34.1 Å². The van der Waals surface area contributed by atoms with E-state index in [9.17, 15) is 9.50 Å². The van der Waals surface area contributed by atoms with Gasteiger partial charge in [0.1, 0.15) is 0 Å². The Morgan fingerprint density at radius 3 is 2.45 bits per heavy atom. The highest BCUT2D eigenvalue weighted by Gasteiger charge is 2.10. The highest BCUT2D eigenvalue weighted by Crippen LogP contribution is 2.20. The topological polar surface area (TPSA) is 29.5 Å². The molecule has 2 nitrogen and oxygen atoms in total. The van der Waals surface area contributed by atoms with E-state index in [1.165, 1.54) is 13.2 Å². The van der Waals surface area contributed by atoms with Gasteiger partial charge in [-0.05, 0) is 48.2 Å². The molecular formula is C16H16BrFO2. The molecule has 106 valence electrons. The van der Waals surface area contributed by atoms with Crippen molar-refractivity contribution >= 4 is 15.9 Å². The van der Waals surface area contributed by atoms with E-state index in [1.807, 2.05) is 24.3 Å². The molecule has 0 spiro atoms. The summed E-state index contributed by atoms with van der Waals surface area (Å²) in [6.07, 6.45) is 0.401. The number of hydrogen-bond donors (Lipinski definition) is 1. The fourth-order valence-electron chi connectivity index (χ4n) is 2.12. The number of halogens is 2. The lowest BCUT2D eigenvalue weighted by Gasteiger charge is -2.12. The Kier molecular flexibility index (Phi) is 5.15. The van der Waals surface area contributed by atoms with E-state index in [1.54, 1.807) is 12.1 Å². The number of benzene rings is 2. The third-order valence-electron chi connectivity index (χ3n) is 3.05. The summed E-state index contributed by atoms with van der Waals surface area (Å²) in [6.45, 7) is 0. The van der Waals surface area contributed by atoms with Gasteiger partial charge >= 0.3 is 0 Å². The van der Waals surface area contributed by atoms with E-state index >= 15 is 0 Å². The van der Waals surface area contributed by atoms with E-state index in [0.717, 1.165) is 15.6 Å². The number of hydrogen-bond acceptors (Lipinski definition) is 2. The van der Waals surface area contributed by atoms with Gasteiger partial charge in [0.2, 0.25) is 0 Å². The van der Waals surface area contributed by atoms with Crippen LogP contribution < -0.4 is 4.74 Å². The molecule has 20 heavy (non-hydrogen) atoms. The molecule has 0 radical (unpaired) electrons. The minimum atomic E-state index is -0.544. The SMILES string of the molecule is COc1ccc(CC(O)Cc2cccc(Br)c2)cc1F. The maximum absolute atomic E-state index is 13.6. The minimum Gasteiger partial charge on any atom is -0.494 e. The van der Waals surface area contributed by atoms with Crippen molar-refractivity contribution < 1.29 is 14.2 Å². The second-order valence-electron chi connectivity index (χ2n) is 4.66. The number of aliphatic hydroxyl groups is 1. The Hall–Kier alpha value is -1.39.